The number of benzene rings is 1. The van der Waals surface area contributed by atoms with Gasteiger partial charge in [-0.1, -0.05) is 19.1 Å². The third-order valence-corrected chi connectivity index (χ3v) is 6.44. The number of carbonyl (C=O) groups excluding carboxylic acids is 2. The summed E-state index contributed by atoms with van der Waals surface area (Å²) in [7, 11) is 1.77. The number of halogens is 1. The molecule has 2 aromatic rings. The molecule has 1 aromatic heterocycles. The van der Waals surface area contributed by atoms with E-state index < -0.39 is 6.04 Å². The van der Waals surface area contributed by atoms with Gasteiger partial charge in [-0.2, -0.15) is 0 Å². The molecule has 33 heavy (non-hydrogen) atoms. The zero-order valence-electron chi connectivity index (χ0n) is 19.2. The normalized spacial score (nSPS) is 21.5. The zero-order valence-corrected chi connectivity index (χ0v) is 19.2. The Bertz CT molecular complexity index is 1040. The first-order chi connectivity index (χ1) is 15.8. The maximum absolute atomic E-state index is 13.8. The van der Waals surface area contributed by atoms with E-state index in [0.717, 1.165) is 12.8 Å². The number of aliphatic hydroxyl groups excluding tert-OH is 1. The first-order valence-corrected chi connectivity index (χ1v) is 11.4. The highest BCUT2D eigenvalue weighted by molar-refractivity contribution is 5.98. The van der Waals surface area contributed by atoms with E-state index in [0.29, 0.717) is 24.2 Å². The summed E-state index contributed by atoms with van der Waals surface area (Å²) < 4.78 is 20.0. The van der Waals surface area contributed by atoms with Gasteiger partial charge in [0.1, 0.15) is 17.5 Å². The second-order valence-electron chi connectivity index (χ2n) is 9.20. The summed E-state index contributed by atoms with van der Waals surface area (Å²) in [5, 5.41) is 9.78. The molecule has 2 amide bonds. The van der Waals surface area contributed by atoms with Gasteiger partial charge in [0.2, 0.25) is 11.8 Å². The van der Waals surface area contributed by atoms with Gasteiger partial charge in [0.25, 0.3) is 5.91 Å². The monoisotopic (exact) mass is 455 g/mol. The SMILES string of the molecule is C[C@H]1CN([C@@H](C)CO)C(=O)c2cc(-c3cccc(F)c3)cnc2O[C@@H]1CN(C)C(=O)C1CC1. The highest BCUT2D eigenvalue weighted by Gasteiger charge is 2.37. The fourth-order valence-electron chi connectivity index (χ4n) is 4.15. The van der Waals surface area contributed by atoms with Crippen molar-refractivity contribution in [3.63, 3.8) is 0 Å². The molecule has 0 spiro atoms. The lowest BCUT2D eigenvalue weighted by molar-refractivity contribution is -0.132. The van der Waals surface area contributed by atoms with Crippen LogP contribution < -0.4 is 4.74 Å². The molecule has 1 aliphatic carbocycles. The number of nitrogens with zero attached hydrogens (tertiary/aromatic N) is 3. The molecule has 0 unspecified atom stereocenters. The number of fused-ring (bicyclic) bond motifs is 1. The molecule has 3 atom stereocenters. The first-order valence-electron chi connectivity index (χ1n) is 11.4. The van der Waals surface area contributed by atoms with Crippen molar-refractivity contribution < 1.29 is 23.8 Å². The summed E-state index contributed by atoms with van der Waals surface area (Å²) in [6.45, 7) is 4.31. The molecule has 2 heterocycles. The Balaban J connectivity index is 1.70. The van der Waals surface area contributed by atoms with Crippen LogP contribution in [0.1, 0.15) is 37.0 Å². The predicted octanol–water partition coefficient (Wildman–Crippen LogP) is 2.98. The molecule has 1 saturated carbocycles. The average Bonchev–Trinajstić information content (AvgIpc) is 3.65. The van der Waals surface area contributed by atoms with E-state index in [2.05, 4.69) is 4.98 Å². The Labute approximate surface area is 193 Å². The minimum absolute atomic E-state index is 0.102. The molecular weight excluding hydrogens is 425 g/mol. The van der Waals surface area contributed by atoms with E-state index in [1.54, 1.807) is 48.2 Å². The van der Waals surface area contributed by atoms with Crippen molar-refractivity contribution in [2.75, 3.05) is 26.7 Å². The topological polar surface area (TPSA) is 83.0 Å². The number of aromatic nitrogens is 1. The van der Waals surface area contributed by atoms with E-state index in [-0.39, 0.29) is 53.6 Å². The summed E-state index contributed by atoms with van der Waals surface area (Å²) in [5.41, 5.74) is 1.44. The molecule has 0 saturated heterocycles. The Kier molecular flexibility index (Phi) is 6.65. The number of hydrogen-bond donors (Lipinski definition) is 1. The number of aliphatic hydroxyl groups is 1. The summed E-state index contributed by atoms with van der Waals surface area (Å²) >= 11 is 0. The van der Waals surface area contributed by atoms with Crippen molar-refractivity contribution in [2.45, 2.75) is 38.8 Å². The van der Waals surface area contributed by atoms with Crippen molar-refractivity contribution in [1.82, 2.24) is 14.8 Å². The number of ether oxygens (including phenoxy) is 1. The molecule has 1 N–H and O–H groups in total. The molecule has 2 aliphatic rings. The Morgan fingerprint density at radius 1 is 1.33 bits per heavy atom. The van der Waals surface area contributed by atoms with Crippen LogP contribution in [0, 0.1) is 17.7 Å². The maximum Gasteiger partial charge on any atom is 0.259 e. The molecule has 1 aromatic carbocycles. The summed E-state index contributed by atoms with van der Waals surface area (Å²) in [6, 6.07) is 7.34. The molecule has 1 aliphatic heterocycles. The summed E-state index contributed by atoms with van der Waals surface area (Å²) in [5.74, 6) is -0.390. The molecule has 8 heteroatoms. The number of rotatable bonds is 6. The van der Waals surface area contributed by atoms with Gasteiger partial charge in [-0.3, -0.25) is 9.59 Å². The molecule has 176 valence electrons. The van der Waals surface area contributed by atoms with Crippen LogP contribution in [0.4, 0.5) is 4.39 Å². The predicted molar refractivity (Wildman–Crippen MR) is 121 cm³/mol. The van der Waals surface area contributed by atoms with Gasteiger partial charge in [0.05, 0.1) is 19.2 Å². The van der Waals surface area contributed by atoms with E-state index in [1.165, 1.54) is 12.1 Å². The Morgan fingerprint density at radius 2 is 2.09 bits per heavy atom. The second kappa shape index (κ2) is 9.47. The lowest BCUT2D eigenvalue weighted by Crippen LogP contribution is -2.50. The third kappa shape index (κ3) is 5.00. The van der Waals surface area contributed by atoms with Crippen LogP contribution in [0.5, 0.6) is 5.88 Å². The minimum atomic E-state index is -0.407. The Hall–Kier alpha value is -3.00. The summed E-state index contributed by atoms with van der Waals surface area (Å²) in [6.07, 6.45) is 3.02. The number of pyridine rings is 1. The molecule has 4 rings (SSSR count). The van der Waals surface area contributed by atoms with Crippen LogP contribution in [0.25, 0.3) is 11.1 Å². The lowest BCUT2D eigenvalue weighted by Gasteiger charge is -2.37. The quantitative estimate of drug-likeness (QED) is 0.724. The fraction of sp³-hybridized carbons (Fsp3) is 0.480. The van der Waals surface area contributed by atoms with Gasteiger partial charge in [0, 0.05) is 37.2 Å². The van der Waals surface area contributed by atoms with Crippen molar-refractivity contribution in [3.05, 3.63) is 47.9 Å². The van der Waals surface area contributed by atoms with E-state index in [4.69, 9.17) is 4.74 Å². The smallest absolute Gasteiger partial charge is 0.259 e. The maximum atomic E-state index is 13.8. The van der Waals surface area contributed by atoms with Gasteiger partial charge in [-0.15, -0.1) is 0 Å². The van der Waals surface area contributed by atoms with Crippen LogP contribution >= 0.6 is 0 Å². The Morgan fingerprint density at radius 3 is 2.76 bits per heavy atom. The molecule has 0 bridgehead atoms. The molecular formula is C25H30FN3O4. The molecule has 7 nitrogen and oxygen atoms in total. The number of amides is 2. The van der Waals surface area contributed by atoms with Crippen LogP contribution in [-0.2, 0) is 4.79 Å². The highest BCUT2D eigenvalue weighted by Crippen LogP contribution is 2.33. The lowest BCUT2D eigenvalue weighted by atomic mass is 9.99. The van der Waals surface area contributed by atoms with Crippen molar-refractivity contribution in [2.24, 2.45) is 11.8 Å². The fourth-order valence-corrected chi connectivity index (χ4v) is 4.15. The van der Waals surface area contributed by atoms with Crippen LogP contribution in [0.3, 0.4) is 0 Å². The largest absolute Gasteiger partial charge is 0.472 e. The molecule has 1 fully saturated rings. The van der Waals surface area contributed by atoms with Crippen molar-refractivity contribution >= 4 is 11.8 Å². The van der Waals surface area contributed by atoms with Crippen molar-refractivity contribution in [1.29, 1.82) is 0 Å². The van der Waals surface area contributed by atoms with Gasteiger partial charge < -0.3 is 19.6 Å². The first kappa shape index (κ1) is 23.2. The number of carbonyl (C=O) groups is 2. The number of hydrogen-bond acceptors (Lipinski definition) is 5. The summed E-state index contributed by atoms with van der Waals surface area (Å²) in [4.78, 5) is 33.7. The van der Waals surface area contributed by atoms with Gasteiger partial charge in [-0.25, -0.2) is 9.37 Å². The van der Waals surface area contributed by atoms with Gasteiger partial charge in [-0.05, 0) is 43.5 Å². The second-order valence-corrected chi connectivity index (χ2v) is 9.20. The molecule has 0 radical (unpaired) electrons. The number of likely N-dealkylation sites (N-methyl/N-ethyl adjacent to an activating group) is 1. The van der Waals surface area contributed by atoms with Crippen LogP contribution in [-0.4, -0.2) is 70.6 Å². The zero-order chi connectivity index (χ0) is 23.7. The van der Waals surface area contributed by atoms with Crippen LogP contribution in [0.2, 0.25) is 0 Å². The van der Waals surface area contributed by atoms with Crippen molar-refractivity contribution in [3.8, 4) is 17.0 Å². The standard InChI is InChI=1S/C25H30FN3O4/c1-15-12-29(16(2)14-30)25(32)21-10-19(18-5-4-6-20(26)9-18)11-27-23(21)33-22(15)13-28(3)24(31)17-7-8-17/h4-6,9-11,15-17,22,30H,7-8,12-14H2,1-3H3/t15-,16-,22+/m0/s1. The highest BCUT2D eigenvalue weighted by atomic mass is 19.1. The van der Waals surface area contributed by atoms with Gasteiger partial charge >= 0.3 is 0 Å². The van der Waals surface area contributed by atoms with Crippen LogP contribution in [0.15, 0.2) is 36.5 Å². The van der Waals surface area contributed by atoms with E-state index in [9.17, 15) is 19.1 Å². The van der Waals surface area contributed by atoms with E-state index >= 15 is 0 Å². The van der Waals surface area contributed by atoms with Gasteiger partial charge in [0.15, 0.2) is 0 Å². The average molecular weight is 456 g/mol. The van der Waals surface area contributed by atoms with E-state index in [1.807, 2.05) is 6.92 Å². The third-order valence-electron chi connectivity index (χ3n) is 6.44. The minimum Gasteiger partial charge on any atom is -0.472 e.